The average Bonchev–Trinajstić information content (AvgIpc) is 2.80. The third-order valence-corrected chi connectivity index (χ3v) is 5.45. The molecular formula is C13H20N2O2S. The van der Waals surface area contributed by atoms with Gasteiger partial charge in [0.1, 0.15) is 0 Å². The first-order valence-electron chi connectivity index (χ1n) is 6.29. The third kappa shape index (κ3) is 3.03. The molecule has 18 heavy (non-hydrogen) atoms. The average molecular weight is 268 g/mol. The normalized spacial score (nSPS) is 17.4. The van der Waals surface area contributed by atoms with Gasteiger partial charge in [-0.05, 0) is 30.5 Å². The van der Waals surface area contributed by atoms with Gasteiger partial charge in [0.15, 0.2) is 0 Å². The van der Waals surface area contributed by atoms with E-state index in [0.29, 0.717) is 5.69 Å². The van der Waals surface area contributed by atoms with Crippen LogP contribution in [0.25, 0.3) is 0 Å². The van der Waals surface area contributed by atoms with Gasteiger partial charge in [-0.25, -0.2) is 12.7 Å². The number of nitrogen functional groups attached to an aromatic ring is 1. The molecule has 0 heterocycles. The van der Waals surface area contributed by atoms with E-state index in [1.54, 1.807) is 35.6 Å². The highest BCUT2D eigenvalue weighted by molar-refractivity contribution is 7.88. The van der Waals surface area contributed by atoms with Gasteiger partial charge in [-0.1, -0.05) is 25.0 Å². The van der Waals surface area contributed by atoms with E-state index < -0.39 is 10.0 Å². The first kappa shape index (κ1) is 13.4. The quantitative estimate of drug-likeness (QED) is 0.849. The van der Waals surface area contributed by atoms with Crippen LogP contribution in [0.5, 0.6) is 0 Å². The number of hydrogen-bond acceptors (Lipinski definition) is 3. The molecule has 0 atom stereocenters. The maximum atomic E-state index is 12.3. The van der Waals surface area contributed by atoms with E-state index in [9.17, 15) is 8.42 Å². The predicted octanol–water partition coefficient (Wildman–Crippen LogP) is 1.97. The summed E-state index contributed by atoms with van der Waals surface area (Å²) in [4.78, 5) is 0. The summed E-state index contributed by atoms with van der Waals surface area (Å²) < 4.78 is 26.1. The maximum Gasteiger partial charge on any atom is 0.218 e. The molecule has 4 nitrogen and oxygen atoms in total. The van der Waals surface area contributed by atoms with Gasteiger partial charge in [0.2, 0.25) is 10.0 Å². The molecule has 1 aliphatic carbocycles. The highest BCUT2D eigenvalue weighted by Crippen LogP contribution is 2.25. The third-order valence-electron chi connectivity index (χ3n) is 3.58. The number of nitrogens with two attached hydrogens (primary N) is 1. The molecule has 0 aromatic heterocycles. The summed E-state index contributed by atoms with van der Waals surface area (Å²) in [5.41, 5.74) is 7.02. The molecule has 0 unspecified atom stereocenters. The van der Waals surface area contributed by atoms with Crippen LogP contribution in [0.4, 0.5) is 5.69 Å². The smallest absolute Gasteiger partial charge is 0.218 e. The van der Waals surface area contributed by atoms with E-state index in [4.69, 9.17) is 5.73 Å². The Morgan fingerprint density at radius 3 is 2.61 bits per heavy atom. The molecule has 2 N–H and O–H groups in total. The number of rotatable bonds is 4. The van der Waals surface area contributed by atoms with Gasteiger partial charge in [-0.15, -0.1) is 0 Å². The minimum atomic E-state index is -3.24. The molecular weight excluding hydrogens is 248 g/mol. The van der Waals surface area contributed by atoms with Crippen molar-refractivity contribution in [2.75, 3.05) is 12.8 Å². The summed E-state index contributed by atoms with van der Waals surface area (Å²) in [7, 11) is -1.54. The van der Waals surface area contributed by atoms with Crippen molar-refractivity contribution < 1.29 is 8.42 Å². The lowest BCUT2D eigenvalue weighted by Crippen LogP contribution is -2.36. The SMILES string of the molecule is CN(C1CCCC1)S(=O)(=O)Cc1cccc(N)c1. The zero-order chi connectivity index (χ0) is 13.2. The van der Waals surface area contributed by atoms with Crippen LogP contribution >= 0.6 is 0 Å². The van der Waals surface area contributed by atoms with Crippen molar-refractivity contribution in [2.24, 2.45) is 0 Å². The Morgan fingerprint density at radius 2 is 2.00 bits per heavy atom. The van der Waals surface area contributed by atoms with Crippen molar-refractivity contribution in [1.82, 2.24) is 4.31 Å². The summed E-state index contributed by atoms with van der Waals surface area (Å²) in [5, 5.41) is 0. The molecule has 1 fully saturated rings. The molecule has 5 heteroatoms. The van der Waals surface area contributed by atoms with E-state index in [1.807, 2.05) is 0 Å². The number of benzene rings is 1. The molecule has 0 saturated heterocycles. The zero-order valence-corrected chi connectivity index (χ0v) is 11.5. The fraction of sp³-hybridized carbons (Fsp3) is 0.538. The minimum Gasteiger partial charge on any atom is -0.399 e. The second-order valence-corrected chi connectivity index (χ2v) is 6.98. The fourth-order valence-electron chi connectivity index (χ4n) is 2.49. The highest BCUT2D eigenvalue weighted by atomic mass is 32.2. The fourth-order valence-corrected chi connectivity index (χ4v) is 3.96. The van der Waals surface area contributed by atoms with Crippen molar-refractivity contribution in [3.05, 3.63) is 29.8 Å². The van der Waals surface area contributed by atoms with Crippen molar-refractivity contribution in [1.29, 1.82) is 0 Å². The summed E-state index contributed by atoms with van der Waals surface area (Å²) in [6.45, 7) is 0. The van der Waals surface area contributed by atoms with Crippen LogP contribution in [0.15, 0.2) is 24.3 Å². The first-order valence-corrected chi connectivity index (χ1v) is 7.90. The van der Waals surface area contributed by atoms with Crippen molar-refractivity contribution in [3.63, 3.8) is 0 Å². The van der Waals surface area contributed by atoms with Gasteiger partial charge in [0, 0.05) is 18.8 Å². The summed E-state index contributed by atoms with van der Waals surface area (Å²) in [6, 6.07) is 7.25. The maximum absolute atomic E-state index is 12.3. The Bertz CT molecular complexity index is 507. The summed E-state index contributed by atoms with van der Waals surface area (Å²) >= 11 is 0. The van der Waals surface area contributed by atoms with Gasteiger partial charge in [0.05, 0.1) is 5.75 Å². The number of anilines is 1. The number of sulfonamides is 1. The molecule has 0 aliphatic heterocycles. The first-order chi connectivity index (χ1) is 8.49. The molecule has 0 amide bonds. The van der Waals surface area contributed by atoms with Crippen molar-refractivity contribution in [2.45, 2.75) is 37.5 Å². The van der Waals surface area contributed by atoms with E-state index in [0.717, 1.165) is 31.2 Å². The van der Waals surface area contributed by atoms with E-state index in [-0.39, 0.29) is 11.8 Å². The van der Waals surface area contributed by atoms with Gasteiger partial charge in [-0.3, -0.25) is 0 Å². The van der Waals surface area contributed by atoms with Crippen LogP contribution in [0.3, 0.4) is 0 Å². The topological polar surface area (TPSA) is 63.4 Å². The number of hydrogen-bond donors (Lipinski definition) is 1. The lowest BCUT2D eigenvalue weighted by molar-refractivity contribution is 0.372. The molecule has 2 rings (SSSR count). The largest absolute Gasteiger partial charge is 0.399 e. The standard InChI is InChI=1S/C13H20N2O2S/c1-15(13-7-2-3-8-13)18(16,17)10-11-5-4-6-12(14)9-11/h4-6,9,13H,2-3,7-8,10,14H2,1H3. The second kappa shape index (κ2) is 5.28. The van der Waals surface area contributed by atoms with Crippen LogP contribution in [0.2, 0.25) is 0 Å². The Hall–Kier alpha value is -1.07. The predicted molar refractivity (Wildman–Crippen MR) is 73.5 cm³/mol. The summed E-state index contributed by atoms with van der Waals surface area (Å²) in [6.07, 6.45) is 4.21. The highest BCUT2D eigenvalue weighted by Gasteiger charge is 2.28. The molecule has 1 aromatic carbocycles. The van der Waals surface area contributed by atoms with Gasteiger partial charge < -0.3 is 5.73 Å². The van der Waals surface area contributed by atoms with Crippen LogP contribution in [-0.2, 0) is 15.8 Å². The van der Waals surface area contributed by atoms with Crippen molar-refractivity contribution >= 4 is 15.7 Å². The molecule has 1 aromatic rings. The Balaban J connectivity index is 2.11. The lowest BCUT2D eigenvalue weighted by Gasteiger charge is -2.23. The van der Waals surface area contributed by atoms with Crippen LogP contribution in [-0.4, -0.2) is 25.8 Å². The van der Waals surface area contributed by atoms with Crippen molar-refractivity contribution in [3.8, 4) is 0 Å². The molecule has 0 bridgehead atoms. The molecule has 1 saturated carbocycles. The monoisotopic (exact) mass is 268 g/mol. The van der Waals surface area contributed by atoms with Gasteiger partial charge in [0.25, 0.3) is 0 Å². The number of nitrogens with zero attached hydrogens (tertiary/aromatic N) is 1. The van der Waals surface area contributed by atoms with E-state index in [2.05, 4.69) is 0 Å². The van der Waals surface area contributed by atoms with Crippen LogP contribution < -0.4 is 5.73 Å². The molecule has 0 spiro atoms. The van der Waals surface area contributed by atoms with Crippen LogP contribution in [0.1, 0.15) is 31.2 Å². The second-order valence-electron chi connectivity index (χ2n) is 4.96. The van der Waals surface area contributed by atoms with Gasteiger partial charge >= 0.3 is 0 Å². The van der Waals surface area contributed by atoms with Gasteiger partial charge in [-0.2, -0.15) is 0 Å². The lowest BCUT2D eigenvalue weighted by atomic mass is 10.2. The summed E-state index contributed by atoms with van der Waals surface area (Å²) in [5.74, 6) is 0.0328. The van der Waals surface area contributed by atoms with Crippen LogP contribution in [0, 0.1) is 0 Å². The molecule has 0 radical (unpaired) electrons. The zero-order valence-electron chi connectivity index (χ0n) is 10.7. The molecule has 1 aliphatic rings. The van der Waals surface area contributed by atoms with E-state index in [1.165, 1.54) is 0 Å². The minimum absolute atomic E-state index is 0.0328. The Morgan fingerprint density at radius 1 is 1.33 bits per heavy atom. The Labute approximate surface area is 109 Å². The van der Waals surface area contributed by atoms with E-state index >= 15 is 0 Å². The molecule has 100 valence electrons. The Kier molecular flexibility index (Phi) is 3.92.